The van der Waals surface area contributed by atoms with Gasteiger partial charge >= 0.3 is 0 Å². The minimum Gasteiger partial charge on any atom is -0.396 e. The number of aromatic nitrogens is 2. The van der Waals surface area contributed by atoms with Crippen molar-refractivity contribution in [1.82, 2.24) is 25.5 Å². The molecular weight excluding hydrogens is 525 g/mol. The minimum atomic E-state index is -0.0882. The Morgan fingerprint density at radius 2 is 2.00 bits per heavy atom. The predicted octanol–water partition coefficient (Wildman–Crippen LogP) is 0.478. The maximum Gasteiger partial charge on any atom is 0.225 e. The van der Waals surface area contributed by atoms with Crippen molar-refractivity contribution in [2.45, 2.75) is 26.2 Å². The van der Waals surface area contributed by atoms with E-state index in [9.17, 15) is 9.90 Å². The molecule has 3 N–H and O–H groups in total. The molecule has 0 aliphatic carbocycles. The van der Waals surface area contributed by atoms with Crippen molar-refractivity contribution in [2.24, 2.45) is 10.4 Å². The third-order valence-electron chi connectivity index (χ3n) is 5.84. The van der Waals surface area contributed by atoms with Gasteiger partial charge in [0.05, 0.1) is 13.2 Å². The molecule has 0 aromatic carbocycles. The number of nitrogens with one attached hydrogen (secondary N) is 2. The van der Waals surface area contributed by atoms with Gasteiger partial charge in [0, 0.05) is 76.7 Å². The SMILES string of the molecule is CCNC(=NCC1(CCO)CCOC1)NCCC(=O)N1CCN(c2ncccn2)CC1.I. The molecule has 3 heterocycles. The summed E-state index contributed by atoms with van der Waals surface area (Å²) in [6.07, 6.45) is 5.49. The number of aliphatic hydroxyl groups is 1. The van der Waals surface area contributed by atoms with Gasteiger partial charge < -0.3 is 30.3 Å². The van der Waals surface area contributed by atoms with Crippen LogP contribution >= 0.6 is 24.0 Å². The Morgan fingerprint density at radius 1 is 1.25 bits per heavy atom. The van der Waals surface area contributed by atoms with Crippen molar-refractivity contribution in [2.75, 3.05) is 70.5 Å². The fraction of sp³-hybridized carbons (Fsp3) is 0.714. The van der Waals surface area contributed by atoms with Crippen LogP contribution in [0.1, 0.15) is 26.2 Å². The van der Waals surface area contributed by atoms with Crippen LogP contribution in [0.5, 0.6) is 0 Å². The number of anilines is 1. The Balaban J connectivity index is 0.00000363. The van der Waals surface area contributed by atoms with E-state index in [-0.39, 0.29) is 41.9 Å². The van der Waals surface area contributed by atoms with Crippen LogP contribution in [-0.2, 0) is 9.53 Å². The summed E-state index contributed by atoms with van der Waals surface area (Å²) in [4.78, 5) is 29.9. The molecule has 10 nitrogen and oxygen atoms in total. The van der Waals surface area contributed by atoms with E-state index in [1.807, 2.05) is 11.8 Å². The van der Waals surface area contributed by atoms with Gasteiger partial charge in [-0.2, -0.15) is 0 Å². The Morgan fingerprint density at radius 3 is 2.62 bits per heavy atom. The van der Waals surface area contributed by atoms with Gasteiger partial charge in [0.2, 0.25) is 11.9 Å². The first-order valence-corrected chi connectivity index (χ1v) is 11.2. The van der Waals surface area contributed by atoms with Crippen LogP contribution in [0.2, 0.25) is 0 Å². The van der Waals surface area contributed by atoms with Crippen LogP contribution in [0.25, 0.3) is 0 Å². The summed E-state index contributed by atoms with van der Waals surface area (Å²) in [5, 5.41) is 15.9. The van der Waals surface area contributed by atoms with Gasteiger partial charge in [-0.3, -0.25) is 9.79 Å². The average molecular weight is 561 g/mol. The Hall–Kier alpha value is -1.73. The lowest BCUT2D eigenvalue weighted by Gasteiger charge is -2.34. The first kappa shape index (κ1) is 26.5. The van der Waals surface area contributed by atoms with Gasteiger partial charge in [0.15, 0.2) is 5.96 Å². The number of aliphatic imine (C=N–C) groups is 1. The molecule has 0 bridgehead atoms. The molecule has 1 aromatic heterocycles. The van der Waals surface area contributed by atoms with Crippen molar-refractivity contribution in [1.29, 1.82) is 0 Å². The summed E-state index contributed by atoms with van der Waals surface area (Å²) in [7, 11) is 0. The lowest BCUT2D eigenvalue weighted by Crippen LogP contribution is -2.50. The van der Waals surface area contributed by atoms with Crippen LogP contribution in [0.15, 0.2) is 23.5 Å². The van der Waals surface area contributed by atoms with Crippen LogP contribution in [-0.4, -0.2) is 97.5 Å². The summed E-state index contributed by atoms with van der Waals surface area (Å²) in [6, 6.07) is 1.80. The Labute approximate surface area is 207 Å². The number of hydrogen-bond donors (Lipinski definition) is 3. The van der Waals surface area contributed by atoms with Crippen LogP contribution in [0.4, 0.5) is 5.95 Å². The lowest BCUT2D eigenvalue weighted by atomic mass is 9.84. The molecule has 1 atom stereocenters. The number of halogens is 1. The Kier molecular flexibility index (Phi) is 11.4. The molecule has 0 saturated carbocycles. The number of hydrogen-bond acceptors (Lipinski definition) is 7. The Bertz CT molecular complexity index is 709. The number of amides is 1. The second kappa shape index (κ2) is 13.7. The first-order chi connectivity index (χ1) is 15.2. The molecule has 2 aliphatic heterocycles. The molecule has 2 saturated heterocycles. The van der Waals surface area contributed by atoms with Gasteiger partial charge in [0.1, 0.15) is 0 Å². The fourth-order valence-electron chi connectivity index (χ4n) is 3.93. The normalized spacial score (nSPS) is 21.2. The molecule has 32 heavy (non-hydrogen) atoms. The van der Waals surface area contributed by atoms with Gasteiger partial charge in [-0.15, -0.1) is 24.0 Å². The lowest BCUT2D eigenvalue weighted by molar-refractivity contribution is -0.131. The van der Waals surface area contributed by atoms with Crippen LogP contribution < -0.4 is 15.5 Å². The monoisotopic (exact) mass is 561 g/mol. The molecule has 1 aromatic rings. The maximum atomic E-state index is 12.6. The molecule has 0 spiro atoms. The van der Waals surface area contributed by atoms with Crippen molar-refractivity contribution >= 4 is 41.8 Å². The standard InChI is InChI=1S/C21H35N7O3.HI/c1-2-22-19(26-16-21(5-14-29)6-15-31-17-21)23-9-4-18(30)27-10-12-28(13-11-27)20-24-7-3-8-25-20;/h3,7-8,29H,2,4-6,9-17H2,1H3,(H2,22,23,26);1H. The minimum absolute atomic E-state index is 0. The molecular formula is C21H36IN7O3. The van der Waals surface area contributed by atoms with E-state index in [2.05, 4.69) is 25.5 Å². The number of guanidine groups is 1. The fourth-order valence-corrected chi connectivity index (χ4v) is 3.93. The number of nitrogens with zero attached hydrogens (tertiary/aromatic N) is 5. The molecule has 180 valence electrons. The predicted molar refractivity (Wildman–Crippen MR) is 134 cm³/mol. The van der Waals surface area contributed by atoms with E-state index in [0.717, 1.165) is 38.6 Å². The highest BCUT2D eigenvalue weighted by atomic mass is 127. The number of carbonyl (C=O) groups excluding carboxylic acids is 1. The van der Waals surface area contributed by atoms with Gasteiger partial charge in [-0.25, -0.2) is 9.97 Å². The van der Waals surface area contributed by atoms with Crippen molar-refractivity contribution in [3.63, 3.8) is 0 Å². The zero-order chi connectivity index (χ0) is 21.9. The van der Waals surface area contributed by atoms with E-state index in [1.165, 1.54) is 0 Å². The average Bonchev–Trinajstić information content (AvgIpc) is 3.27. The summed E-state index contributed by atoms with van der Waals surface area (Å²) >= 11 is 0. The number of piperazine rings is 1. The van der Waals surface area contributed by atoms with Crippen molar-refractivity contribution in [3.8, 4) is 0 Å². The second-order valence-corrected chi connectivity index (χ2v) is 8.06. The van der Waals surface area contributed by atoms with Crippen molar-refractivity contribution in [3.05, 3.63) is 18.5 Å². The van der Waals surface area contributed by atoms with Crippen molar-refractivity contribution < 1.29 is 14.6 Å². The highest BCUT2D eigenvalue weighted by Gasteiger charge is 2.34. The zero-order valence-electron chi connectivity index (χ0n) is 18.8. The summed E-state index contributed by atoms with van der Waals surface area (Å²) in [5.74, 6) is 1.55. The number of ether oxygens (including phenoxy) is 1. The quantitative estimate of drug-likeness (QED) is 0.227. The second-order valence-electron chi connectivity index (χ2n) is 8.06. The van der Waals surface area contributed by atoms with E-state index in [1.54, 1.807) is 18.5 Å². The summed E-state index contributed by atoms with van der Waals surface area (Å²) in [6.45, 7) is 8.20. The molecule has 0 radical (unpaired) electrons. The molecule has 1 amide bonds. The largest absolute Gasteiger partial charge is 0.396 e. The van der Waals surface area contributed by atoms with Crippen LogP contribution in [0.3, 0.4) is 0 Å². The van der Waals surface area contributed by atoms with E-state index in [4.69, 9.17) is 9.73 Å². The number of rotatable bonds is 9. The van der Waals surface area contributed by atoms with E-state index in [0.29, 0.717) is 51.6 Å². The molecule has 3 rings (SSSR count). The van der Waals surface area contributed by atoms with Gasteiger partial charge in [0.25, 0.3) is 0 Å². The molecule has 11 heteroatoms. The molecule has 2 aliphatic rings. The van der Waals surface area contributed by atoms with E-state index < -0.39 is 0 Å². The molecule has 1 unspecified atom stereocenters. The topological polar surface area (TPSA) is 115 Å². The highest BCUT2D eigenvalue weighted by molar-refractivity contribution is 14.0. The third-order valence-corrected chi connectivity index (χ3v) is 5.84. The molecule has 2 fully saturated rings. The summed E-state index contributed by atoms with van der Waals surface area (Å²) in [5.41, 5.74) is -0.0882. The highest BCUT2D eigenvalue weighted by Crippen LogP contribution is 2.32. The summed E-state index contributed by atoms with van der Waals surface area (Å²) < 4.78 is 5.54. The number of carbonyl (C=O) groups is 1. The maximum absolute atomic E-state index is 12.6. The first-order valence-electron chi connectivity index (χ1n) is 11.2. The smallest absolute Gasteiger partial charge is 0.225 e. The van der Waals surface area contributed by atoms with E-state index >= 15 is 0 Å². The van der Waals surface area contributed by atoms with Gasteiger partial charge in [-0.05, 0) is 25.8 Å². The number of aliphatic hydroxyl groups excluding tert-OH is 1. The zero-order valence-corrected chi connectivity index (χ0v) is 21.2. The third kappa shape index (κ3) is 7.69. The van der Waals surface area contributed by atoms with Gasteiger partial charge in [-0.1, -0.05) is 0 Å². The van der Waals surface area contributed by atoms with Crippen LogP contribution in [0, 0.1) is 5.41 Å².